The molecule has 1 aromatic carbocycles. The number of halogens is 4. The number of nitrogens with zero attached hydrogens (tertiary/aromatic N) is 1. The maximum Gasteiger partial charge on any atom is 0.461 e. The van der Waals surface area contributed by atoms with Crippen LogP contribution in [0.3, 0.4) is 0 Å². The Hall–Kier alpha value is -1.83. The Kier molecular flexibility index (Phi) is 6.64. The lowest BCUT2D eigenvalue weighted by molar-refractivity contribution is -0.253. The molecule has 140 valence electrons. The van der Waals surface area contributed by atoms with Gasteiger partial charge < -0.3 is 14.7 Å². The number of carbonyl (C=O) groups is 1. The van der Waals surface area contributed by atoms with Crippen molar-refractivity contribution >= 4 is 5.91 Å². The van der Waals surface area contributed by atoms with E-state index in [0.717, 1.165) is 25.3 Å². The number of para-hydroxylation sites is 1. The molecule has 1 atom stereocenters. The van der Waals surface area contributed by atoms with Crippen LogP contribution in [0.5, 0.6) is 5.75 Å². The Morgan fingerprint density at radius 3 is 2.76 bits per heavy atom. The van der Waals surface area contributed by atoms with E-state index in [4.69, 9.17) is 5.11 Å². The number of hydrogen-bond acceptors (Lipinski definition) is 3. The van der Waals surface area contributed by atoms with E-state index in [1.807, 2.05) is 0 Å². The van der Waals surface area contributed by atoms with Crippen molar-refractivity contribution in [2.75, 3.05) is 19.7 Å². The summed E-state index contributed by atoms with van der Waals surface area (Å²) in [4.78, 5) is 14.2. The number of likely N-dealkylation sites (tertiary alicyclic amines) is 1. The topological polar surface area (TPSA) is 49.8 Å². The van der Waals surface area contributed by atoms with Crippen LogP contribution in [0.1, 0.15) is 36.0 Å². The lowest BCUT2D eigenvalue weighted by Crippen LogP contribution is -2.40. The quantitative estimate of drug-likeness (QED) is 0.754. The number of rotatable bonds is 7. The summed E-state index contributed by atoms with van der Waals surface area (Å²) in [5.41, 5.74) is -0.161. The highest BCUT2D eigenvalue weighted by Gasteiger charge is 2.44. The number of amides is 1. The van der Waals surface area contributed by atoms with Crippen molar-refractivity contribution in [3.05, 3.63) is 29.8 Å². The summed E-state index contributed by atoms with van der Waals surface area (Å²) in [7, 11) is 0. The summed E-state index contributed by atoms with van der Waals surface area (Å²) >= 11 is 0. The first-order valence-electron chi connectivity index (χ1n) is 8.19. The molecule has 0 spiro atoms. The third kappa shape index (κ3) is 5.07. The molecule has 1 N–H and O–H groups in total. The Bertz CT molecular complexity index is 583. The van der Waals surface area contributed by atoms with Gasteiger partial charge in [0.25, 0.3) is 5.91 Å². The van der Waals surface area contributed by atoms with Gasteiger partial charge in [-0.25, -0.2) is 0 Å². The van der Waals surface area contributed by atoms with E-state index in [2.05, 4.69) is 4.74 Å². The third-order valence-corrected chi connectivity index (χ3v) is 4.19. The van der Waals surface area contributed by atoms with Crippen LogP contribution in [-0.4, -0.2) is 48.1 Å². The number of benzene rings is 1. The van der Waals surface area contributed by atoms with Crippen molar-refractivity contribution in [3.63, 3.8) is 0 Å². The van der Waals surface area contributed by atoms with Gasteiger partial charge in [-0.05, 0) is 43.7 Å². The molecule has 25 heavy (non-hydrogen) atoms. The van der Waals surface area contributed by atoms with E-state index >= 15 is 0 Å². The van der Waals surface area contributed by atoms with Crippen LogP contribution in [0.15, 0.2) is 24.3 Å². The van der Waals surface area contributed by atoms with Gasteiger partial charge in [-0.3, -0.25) is 4.79 Å². The van der Waals surface area contributed by atoms with Gasteiger partial charge >= 0.3 is 12.5 Å². The number of hydrogen-bond donors (Lipinski definition) is 1. The van der Waals surface area contributed by atoms with Gasteiger partial charge in [0.15, 0.2) is 0 Å². The SMILES string of the molecule is O=C(c1ccccc1OC(F)(F)C(F)F)N1CCCC(CCCO)C1. The van der Waals surface area contributed by atoms with Crippen LogP contribution in [0.4, 0.5) is 17.6 Å². The van der Waals surface area contributed by atoms with E-state index in [1.54, 1.807) is 0 Å². The van der Waals surface area contributed by atoms with E-state index in [0.29, 0.717) is 19.5 Å². The van der Waals surface area contributed by atoms with Crippen molar-refractivity contribution in [3.8, 4) is 5.75 Å². The molecule has 1 aliphatic rings. The summed E-state index contributed by atoms with van der Waals surface area (Å²) in [6, 6.07) is 5.18. The Balaban J connectivity index is 2.14. The van der Waals surface area contributed by atoms with Crippen molar-refractivity contribution < 1.29 is 32.2 Å². The van der Waals surface area contributed by atoms with Crippen LogP contribution in [0.2, 0.25) is 0 Å². The number of piperidine rings is 1. The van der Waals surface area contributed by atoms with E-state index in [1.165, 1.54) is 23.1 Å². The maximum atomic E-state index is 13.2. The number of aliphatic hydroxyl groups is 1. The van der Waals surface area contributed by atoms with Gasteiger partial charge in [-0.15, -0.1) is 0 Å². The van der Waals surface area contributed by atoms with Crippen LogP contribution < -0.4 is 4.74 Å². The first-order valence-corrected chi connectivity index (χ1v) is 8.19. The first-order chi connectivity index (χ1) is 11.8. The molecule has 0 saturated carbocycles. The van der Waals surface area contributed by atoms with Gasteiger partial charge in [-0.2, -0.15) is 17.6 Å². The Morgan fingerprint density at radius 2 is 2.08 bits per heavy atom. The minimum Gasteiger partial charge on any atom is -0.427 e. The predicted octanol–water partition coefficient (Wildman–Crippen LogP) is 3.55. The summed E-state index contributed by atoms with van der Waals surface area (Å²) in [6.07, 6.45) is -5.58. The molecule has 1 saturated heterocycles. The highest BCUT2D eigenvalue weighted by Crippen LogP contribution is 2.31. The van der Waals surface area contributed by atoms with Gasteiger partial charge in [0, 0.05) is 19.7 Å². The van der Waals surface area contributed by atoms with E-state index < -0.39 is 24.2 Å². The average molecular weight is 363 g/mol. The lowest BCUT2D eigenvalue weighted by Gasteiger charge is -2.33. The monoisotopic (exact) mass is 363 g/mol. The second-order valence-corrected chi connectivity index (χ2v) is 6.09. The summed E-state index contributed by atoms with van der Waals surface area (Å²) < 4.78 is 55.3. The van der Waals surface area contributed by atoms with Gasteiger partial charge in [0.05, 0.1) is 5.56 Å². The van der Waals surface area contributed by atoms with Crippen LogP contribution >= 0.6 is 0 Å². The molecule has 1 aromatic rings. The zero-order chi connectivity index (χ0) is 18.4. The van der Waals surface area contributed by atoms with E-state index in [9.17, 15) is 22.4 Å². The molecule has 8 heteroatoms. The number of carbonyl (C=O) groups excluding carboxylic acids is 1. The first kappa shape index (κ1) is 19.5. The van der Waals surface area contributed by atoms with Gasteiger partial charge in [-0.1, -0.05) is 12.1 Å². The number of alkyl halides is 4. The summed E-state index contributed by atoms with van der Waals surface area (Å²) in [5.74, 6) is -0.856. The van der Waals surface area contributed by atoms with Gasteiger partial charge in [0.2, 0.25) is 0 Å². The van der Waals surface area contributed by atoms with Crippen LogP contribution in [0.25, 0.3) is 0 Å². The molecule has 0 aliphatic carbocycles. The molecule has 4 nitrogen and oxygen atoms in total. The molecular weight excluding hydrogens is 342 g/mol. The molecular formula is C17H21F4NO3. The van der Waals surface area contributed by atoms with Crippen LogP contribution in [-0.2, 0) is 0 Å². The highest BCUT2D eigenvalue weighted by atomic mass is 19.3. The highest BCUT2D eigenvalue weighted by molar-refractivity contribution is 5.97. The molecule has 1 unspecified atom stereocenters. The molecule has 0 aromatic heterocycles. The van der Waals surface area contributed by atoms with Gasteiger partial charge in [0.1, 0.15) is 5.75 Å². The second-order valence-electron chi connectivity index (χ2n) is 6.09. The zero-order valence-electron chi connectivity index (χ0n) is 13.6. The third-order valence-electron chi connectivity index (χ3n) is 4.19. The molecule has 2 rings (SSSR count). The summed E-state index contributed by atoms with van der Waals surface area (Å²) in [6.45, 7) is 0.982. The van der Waals surface area contributed by atoms with Crippen molar-refractivity contribution in [1.29, 1.82) is 0 Å². The predicted molar refractivity (Wildman–Crippen MR) is 83.0 cm³/mol. The van der Waals surface area contributed by atoms with Crippen molar-refractivity contribution in [1.82, 2.24) is 4.90 Å². The minimum atomic E-state index is -4.66. The largest absolute Gasteiger partial charge is 0.461 e. The fraction of sp³-hybridized carbons (Fsp3) is 0.588. The van der Waals surface area contributed by atoms with E-state index in [-0.39, 0.29) is 18.1 Å². The fourth-order valence-corrected chi connectivity index (χ4v) is 2.96. The Labute approximate surface area is 143 Å². The molecule has 1 heterocycles. The van der Waals surface area contributed by atoms with Crippen molar-refractivity contribution in [2.45, 2.75) is 38.2 Å². The molecule has 1 fully saturated rings. The molecule has 0 bridgehead atoms. The normalized spacial score (nSPS) is 18.5. The molecule has 1 aliphatic heterocycles. The standard InChI is InChI=1S/C17H21F4NO3/c18-16(19)17(20,21)25-14-8-2-1-7-13(14)15(24)22-9-3-5-12(11-22)6-4-10-23/h1-2,7-8,12,16,23H,3-6,9-11H2. The second kappa shape index (κ2) is 8.51. The minimum absolute atomic E-state index is 0.0732. The van der Waals surface area contributed by atoms with Crippen LogP contribution in [0, 0.1) is 5.92 Å². The van der Waals surface area contributed by atoms with Crippen molar-refractivity contribution in [2.24, 2.45) is 5.92 Å². The number of aliphatic hydroxyl groups excluding tert-OH is 1. The average Bonchev–Trinajstić information content (AvgIpc) is 2.59. The smallest absolute Gasteiger partial charge is 0.427 e. The maximum absolute atomic E-state index is 13.2. The molecule has 1 amide bonds. The molecule has 0 radical (unpaired) electrons. The fourth-order valence-electron chi connectivity index (χ4n) is 2.96. The summed E-state index contributed by atoms with van der Waals surface area (Å²) in [5, 5.41) is 8.91. The number of ether oxygens (including phenoxy) is 1. The Morgan fingerprint density at radius 1 is 1.36 bits per heavy atom. The zero-order valence-corrected chi connectivity index (χ0v) is 13.6. The lowest BCUT2D eigenvalue weighted by atomic mass is 9.93.